The zero-order chi connectivity index (χ0) is 22.8. The molecule has 0 aliphatic carbocycles. The summed E-state index contributed by atoms with van der Waals surface area (Å²) in [6, 6.07) is 15.3. The molecule has 162 valence electrons. The van der Waals surface area contributed by atoms with Crippen LogP contribution in [0.1, 0.15) is 31.0 Å². The molecule has 1 unspecified atom stereocenters. The van der Waals surface area contributed by atoms with Gasteiger partial charge in [0.1, 0.15) is 17.3 Å². The fourth-order valence-corrected chi connectivity index (χ4v) is 3.73. The van der Waals surface area contributed by atoms with Crippen molar-refractivity contribution in [2.24, 2.45) is 0 Å². The van der Waals surface area contributed by atoms with Crippen LogP contribution in [0, 0.1) is 0 Å². The fourth-order valence-electron chi connectivity index (χ4n) is 3.73. The maximum atomic E-state index is 13.1. The normalized spacial score (nSPS) is 17.7. The van der Waals surface area contributed by atoms with E-state index in [2.05, 4.69) is 4.98 Å². The molecule has 1 saturated heterocycles. The van der Waals surface area contributed by atoms with Crippen molar-refractivity contribution < 1.29 is 24.5 Å². The first-order chi connectivity index (χ1) is 15.4. The van der Waals surface area contributed by atoms with Gasteiger partial charge >= 0.3 is 0 Å². The van der Waals surface area contributed by atoms with E-state index < -0.39 is 17.7 Å². The molecule has 3 aromatic rings. The molecule has 1 aromatic heterocycles. The van der Waals surface area contributed by atoms with E-state index in [1.807, 2.05) is 13.8 Å². The van der Waals surface area contributed by atoms with Gasteiger partial charge < -0.3 is 14.9 Å². The van der Waals surface area contributed by atoms with Crippen LogP contribution in [-0.2, 0) is 9.59 Å². The predicted octanol–water partition coefficient (Wildman–Crippen LogP) is 4.20. The number of aliphatic hydroxyl groups is 1. The van der Waals surface area contributed by atoms with Gasteiger partial charge in [-0.3, -0.25) is 19.5 Å². The number of anilines is 1. The molecule has 0 bridgehead atoms. The molecule has 0 radical (unpaired) electrons. The number of Topliss-reactive ketones (excluding diaryl/α,β-unsaturated/α-hetero) is 1. The largest absolute Gasteiger partial charge is 0.507 e. The number of para-hydroxylation sites is 2. The van der Waals surface area contributed by atoms with E-state index >= 15 is 0 Å². The van der Waals surface area contributed by atoms with Gasteiger partial charge in [-0.15, -0.1) is 0 Å². The molecule has 32 heavy (non-hydrogen) atoms. The summed E-state index contributed by atoms with van der Waals surface area (Å²) in [7, 11) is 0. The van der Waals surface area contributed by atoms with Crippen LogP contribution in [0.15, 0.2) is 78.6 Å². The number of pyridine rings is 1. The molecule has 7 heteroatoms. The molecule has 0 spiro atoms. The molecule has 1 fully saturated rings. The van der Waals surface area contributed by atoms with Crippen LogP contribution in [0.3, 0.4) is 0 Å². The van der Waals surface area contributed by atoms with Crippen LogP contribution in [0.25, 0.3) is 5.76 Å². The predicted molar refractivity (Wildman–Crippen MR) is 119 cm³/mol. The number of aromatic hydroxyl groups is 1. The number of hydrogen-bond acceptors (Lipinski definition) is 6. The Labute approximate surface area is 185 Å². The minimum absolute atomic E-state index is 0.00925. The van der Waals surface area contributed by atoms with Crippen LogP contribution in [-0.4, -0.2) is 33.0 Å². The van der Waals surface area contributed by atoms with Crippen LogP contribution in [0.5, 0.6) is 11.5 Å². The topological polar surface area (TPSA) is 100.0 Å². The minimum Gasteiger partial charge on any atom is -0.507 e. The van der Waals surface area contributed by atoms with Crippen molar-refractivity contribution in [3.8, 4) is 11.5 Å². The number of phenols is 1. The van der Waals surface area contributed by atoms with Crippen molar-refractivity contribution in [2.75, 3.05) is 4.90 Å². The molecule has 1 aliphatic rings. The van der Waals surface area contributed by atoms with Crippen molar-refractivity contribution >= 4 is 23.1 Å². The van der Waals surface area contributed by atoms with Crippen LogP contribution >= 0.6 is 0 Å². The maximum absolute atomic E-state index is 13.1. The zero-order valence-electron chi connectivity index (χ0n) is 17.6. The molecule has 1 amide bonds. The summed E-state index contributed by atoms with van der Waals surface area (Å²) < 4.78 is 5.63. The first-order valence-corrected chi connectivity index (χ1v) is 10.1. The van der Waals surface area contributed by atoms with E-state index in [0.717, 1.165) is 0 Å². The Morgan fingerprint density at radius 1 is 1.00 bits per heavy atom. The van der Waals surface area contributed by atoms with E-state index in [0.29, 0.717) is 16.9 Å². The number of amides is 1. The van der Waals surface area contributed by atoms with Gasteiger partial charge in [0, 0.05) is 18.0 Å². The molecule has 2 aromatic carbocycles. The molecule has 1 atom stereocenters. The molecule has 0 saturated carbocycles. The monoisotopic (exact) mass is 430 g/mol. The first kappa shape index (κ1) is 21.1. The minimum atomic E-state index is -0.933. The van der Waals surface area contributed by atoms with Crippen LogP contribution < -0.4 is 9.64 Å². The standard InChI is InChI=1S/C25H22N2O5/c1-15(2)32-18-9-7-17(8-10-18)23(29)21-22(16-11-13-26-14-12-16)27(25(31)24(21)30)19-5-3-4-6-20(19)28/h3-15,22,28-29H,1-2H3/b23-21+. The van der Waals surface area contributed by atoms with Crippen LogP contribution in [0.2, 0.25) is 0 Å². The Balaban J connectivity index is 1.87. The summed E-state index contributed by atoms with van der Waals surface area (Å²) in [4.78, 5) is 31.3. The Hall–Kier alpha value is -4.13. The Bertz CT molecular complexity index is 1190. The number of benzene rings is 2. The molecular formula is C25H22N2O5. The second-order valence-electron chi connectivity index (χ2n) is 7.63. The number of aromatic nitrogens is 1. The lowest BCUT2D eigenvalue weighted by atomic mass is 9.95. The summed E-state index contributed by atoms with van der Waals surface area (Å²) >= 11 is 0. The van der Waals surface area contributed by atoms with E-state index in [-0.39, 0.29) is 28.9 Å². The highest BCUT2D eigenvalue weighted by Crippen LogP contribution is 2.44. The third kappa shape index (κ3) is 3.80. The number of ether oxygens (including phenoxy) is 1. The third-order valence-electron chi connectivity index (χ3n) is 5.11. The van der Waals surface area contributed by atoms with E-state index in [1.165, 1.54) is 11.0 Å². The van der Waals surface area contributed by atoms with Gasteiger partial charge in [-0.25, -0.2) is 0 Å². The van der Waals surface area contributed by atoms with Gasteiger partial charge in [0.05, 0.1) is 23.4 Å². The summed E-state index contributed by atoms with van der Waals surface area (Å²) in [5.41, 5.74) is 1.05. The molecule has 2 N–H and O–H groups in total. The summed E-state index contributed by atoms with van der Waals surface area (Å²) in [6.07, 6.45) is 3.07. The molecular weight excluding hydrogens is 408 g/mol. The Morgan fingerprint density at radius 2 is 1.66 bits per heavy atom. The van der Waals surface area contributed by atoms with E-state index in [1.54, 1.807) is 67.0 Å². The second kappa shape index (κ2) is 8.55. The maximum Gasteiger partial charge on any atom is 0.300 e. The molecule has 1 aliphatic heterocycles. The fraction of sp³-hybridized carbons (Fsp3) is 0.160. The number of carbonyl (C=O) groups is 2. The van der Waals surface area contributed by atoms with Gasteiger partial charge in [0.15, 0.2) is 0 Å². The smallest absolute Gasteiger partial charge is 0.300 e. The van der Waals surface area contributed by atoms with Crippen molar-refractivity contribution in [1.29, 1.82) is 0 Å². The highest BCUT2D eigenvalue weighted by molar-refractivity contribution is 6.51. The lowest BCUT2D eigenvalue weighted by Crippen LogP contribution is -2.29. The van der Waals surface area contributed by atoms with Crippen LogP contribution in [0.4, 0.5) is 5.69 Å². The van der Waals surface area contributed by atoms with E-state index in [9.17, 15) is 19.8 Å². The van der Waals surface area contributed by atoms with Crippen molar-refractivity contribution in [1.82, 2.24) is 4.98 Å². The molecule has 4 rings (SSSR count). The average molecular weight is 430 g/mol. The Kier molecular flexibility index (Phi) is 5.64. The number of carbonyl (C=O) groups excluding carboxylic acids is 2. The van der Waals surface area contributed by atoms with Crippen molar-refractivity contribution in [3.05, 3.63) is 89.8 Å². The highest BCUT2D eigenvalue weighted by atomic mass is 16.5. The quantitative estimate of drug-likeness (QED) is 0.358. The molecule has 7 nitrogen and oxygen atoms in total. The highest BCUT2D eigenvalue weighted by Gasteiger charge is 2.47. The number of ketones is 1. The Morgan fingerprint density at radius 3 is 2.28 bits per heavy atom. The lowest BCUT2D eigenvalue weighted by Gasteiger charge is -2.25. The number of aliphatic hydroxyl groups excluding tert-OH is 1. The SMILES string of the molecule is CC(C)Oc1ccc(/C(O)=C2\C(=O)C(=O)N(c3ccccc3O)C2c2ccncc2)cc1. The number of nitrogens with zero attached hydrogens (tertiary/aromatic N) is 2. The summed E-state index contributed by atoms with van der Waals surface area (Å²) in [5, 5.41) is 21.5. The number of phenolic OH excluding ortho intramolecular Hbond substituents is 1. The zero-order valence-corrected chi connectivity index (χ0v) is 17.6. The number of hydrogen-bond donors (Lipinski definition) is 2. The van der Waals surface area contributed by atoms with Crippen molar-refractivity contribution in [3.63, 3.8) is 0 Å². The summed E-state index contributed by atoms with van der Waals surface area (Å²) in [6.45, 7) is 3.81. The third-order valence-corrected chi connectivity index (χ3v) is 5.11. The number of rotatable bonds is 5. The van der Waals surface area contributed by atoms with Gasteiger partial charge in [-0.2, -0.15) is 0 Å². The second-order valence-corrected chi connectivity index (χ2v) is 7.63. The molecule has 2 heterocycles. The summed E-state index contributed by atoms with van der Waals surface area (Å²) in [5.74, 6) is -1.51. The van der Waals surface area contributed by atoms with Crippen molar-refractivity contribution in [2.45, 2.75) is 26.0 Å². The van der Waals surface area contributed by atoms with Gasteiger partial charge in [0.2, 0.25) is 0 Å². The van der Waals surface area contributed by atoms with Gasteiger partial charge in [-0.1, -0.05) is 12.1 Å². The van der Waals surface area contributed by atoms with Gasteiger partial charge in [0.25, 0.3) is 11.7 Å². The van der Waals surface area contributed by atoms with Gasteiger partial charge in [-0.05, 0) is 67.9 Å². The van der Waals surface area contributed by atoms with E-state index in [4.69, 9.17) is 4.74 Å². The first-order valence-electron chi connectivity index (χ1n) is 10.1. The average Bonchev–Trinajstić information content (AvgIpc) is 3.05. The lowest BCUT2D eigenvalue weighted by molar-refractivity contribution is -0.132.